The van der Waals surface area contributed by atoms with Crippen molar-refractivity contribution in [1.82, 2.24) is 5.43 Å². The zero-order valence-corrected chi connectivity index (χ0v) is 14.9. The Kier molecular flexibility index (Phi) is 6.34. The Labute approximate surface area is 152 Å². The molecule has 2 rings (SSSR count). The minimum Gasteiger partial charge on any atom is -0.496 e. The van der Waals surface area contributed by atoms with Gasteiger partial charge in [-0.2, -0.15) is 5.10 Å². The molecule has 124 valence electrons. The summed E-state index contributed by atoms with van der Waals surface area (Å²) >= 11 is 9.08. The molecule has 0 saturated carbocycles. The third-order valence-corrected chi connectivity index (χ3v) is 3.62. The van der Waals surface area contributed by atoms with Crippen molar-refractivity contribution in [3.05, 3.63) is 57.5 Å². The summed E-state index contributed by atoms with van der Waals surface area (Å²) in [6.45, 7) is 0. The van der Waals surface area contributed by atoms with Gasteiger partial charge in [-0.15, -0.1) is 0 Å². The number of methoxy groups -OCH3 is 1. The van der Waals surface area contributed by atoms with Gasteiger partial charge in [0.15, 0.2) is 0 Å². The first-order chi connectivity index (χ1) is 11.5. The second-order valence-corrected chi connectivity index (χ2v) is 5.90. The molecule has 0 unspecified atom stereocenters. The average molecular weight is 411 g/mol. The number of benzene rings is 2. The van der Waals surface area contributed by atoms with E-state index in [1.165, 1.54) is 13.3 Å². The number of carbonyl (C=O) groups is 2. The molecule has 0 bridgehead atoms. The van der Waals surface area contributed by atoms with Gasteiger partial charge in [-0.05, 0) is 42.5 Å². The molecule has 0 spiro atoms. The first kappa shape index (κ1) is 18.0. The van der Waals surface area contributed by atoms with E-state index in [0.29, 0.717) is 22.0 Å². The fourth-order valence-corrected chi connectivity index (χ4v) is 2.24. The second-order valence-electron chi connectivity index (χ2n) is 4.55. The summed E-state index contributed by atoms with van der Waals surface area (Å²) in [7, 11) is 1.53. The summed E-state index contributed by atoms with van der Waals surface area (Å²) in [5.41, 5.74) is 3.25. The van der Waals surface area contributed by atoms with Gasteiger partial charge in [0, 0.05) is 20.7 Å². The molecule has 6 nitrogen and oxygen atoms in total. The topological polar surface area (TPSA) is 79.8 Å². The van der Waals surface area contributed by atoms with Crippen molar-refractivity contribution >= 4 is 51.2 Å². The van der Waals surface area contributed by atoms with Crippen LogP contribution in [0.25, 0.3) is 0 Å². The Hall–Kier alpha value is -2.38. The van der Waals surface area contributed by atoms with Crippen molar-refractivity contribution < 1.29 is 14.3 Å². The summed E-state index contributed by atoms with van der Waals surface area (Å²) in [4.78, 5) is 23.5. The van der Waals surface area contributed by atoms with Crippen LogP contribution in [-0.2, 0) is 9.59 Å². The summed E-state index contributed by atoms with van der Waals surface area (Å²) in [6.07, 6.45) is 1.39. The normalized spacial score (nSPS) is 10.5. The van der Waals surface area contributed by atoms with Crippen LogP contribution in [0.5, 0.6) is 5.75 Å². The molecule has 0 aliphatic carbocycles. The molecule has 0 aliphatic heterocycles. The molecule has 24 heavy (non-hydrogen) atoms. The molecule has 2 aromatic carbocycles. The zero-order valence-electron chi connectivity index (χ0n) is 12.5. The smallest absolute Gasteiger partial charge is 0.329 e. The summed E-state index contributed by atoms with van der Waals surface area (Å²) < 4.78 is 6.01. The molecule has 0 radical (unpaired) electrons. The maximum absolute atomic E-state index is 11.8. The van der Waals surface area contributed by atoms with E-state index in [0.717, 1.165) is 4.47 Å². The lowest BCUT2D eigenvalue weighted by Gasteiger charge is -2.05. The lowest BCUT2D eigenvalue weighted by Crippen LogP contribution is -2.32. The van der Waals surface area contributed by atoms with E-state index in [1.807, 2.05) is 6.07 Å². The van der Waals surface area contributed by atoms with Crippen LogP contribution in [0.4, 0.5) is 5.69 Å². The third kappa shape index (κ3) is 5.07. The SMILES string of the molecule is COc1ccc(Br)cc1/C=N/NC(=O)C(=O)Nc1ccc(Cl)cc1. The zero-order chi connectivity index (χ0) is 17.5. The Morgan fingerprint density at radius 3 is 2.54 bits per heavy atom. The number of hydrogen-bond acceptors (Lipinski definition) is 4. The van der Waals surface area contributed by atoms with Crippen LogP contribution < -0.4 is 15.5 Å². The van der Waals surface area contributed by atoms with Gasteiger partial charge in [-0.25, -0.2) is 5.43 Å². The van der Waals surface area contributed by atoms with Gasteiger partial charge in [-0.3, -0.25) is 9.59 Å². The molecule has 0 aliphatic rings. The number of halogens is 2. The van der Waals surface area contributed by atoms with Crippen molar-refractivity contribution in [2.75, 3.05) is 12.4 Å². The van der Waals surface area contributed by atoms with Gasteiger partial charge in [0.2, 0.25) is 0 Å². The lowest BCUT2D eigenvalue weighted by molar-refractivity contribution is -0.136. The van der Waals surface area contributed by atoms with E-state index >= 15 is 0 Å². The number of anilines is 1. The number of hydrogen-bond donors (Lipinski definition) is 2. The number of carbonyl (C=O) groups excluding carboxylic acids is 2. The monoisotopic (exact) mass is 409 g/mol. The van der Waals surface area contributed by atoms with Crippen LogP contribution in [0, 0.1) is 0 Å². The van der Waals surface area contributed by atoms with E-state index < -0.39 is 11.8 Å². The molecule has 2 amide bonds. The molecule has 0 atom stereocenters. The quantitative estimate of drug-likeness (QED) is 0.461. The maximum Gasteiger partial charge on any atom is 0.329 e. The highest BCUT2D eigenvalue weighted by molar-refractivity contribution is 9.10. The Morgan fingerprint density at radius 2 is 1.88 bits per heavy atom. The summed E-state index contributed by atoms with van der Waals surface area (Å²) in [6, 6.07) is 11.7. The van der Waals surface area contributed by atoms with Crippen molar-refractivity contribution in [3.63, 3.8) is 0 Å². The minimum atomic E-state index is -0.893. The first-order valence-electron chi connectivity index (χ1n) is 6.73. The van der Waals surface area contributed by atoms with E-state index in [9.17, 15) is 9.59 Å². The largest absolute Gasteiger partial charge is 0.496 e. The number of ether oxygens (including phenoxy) is 1. The van der Waals surface area contributed by atoms with Crippen LogP contribution >= 0.6 is 27.5 Å². The molecule has 0 aromatic heterocycles. The number of nitrogens with zero attached hydrogens (tertiary/aromatic N) is 1. The predicted molar refractivity (Wildman–Crippen MR) is 96.5 cm³/mol. The van der Waals surface area contributed by atoms with Crippen molar-refractivity contribution in [2.45, 2.75) is 0 Å². The number of hydrazone groups is 1. The van der Waals surface area contributed by atoms with Crippen LogP contribution in [0.3, 0.4) is 0 Å². The van der Waals surface area contributed by atoms with Crippen LogP contribution in [0.15, 0.2) is 52.0 Å². The fourth-order valence-electron chi connectivity index (χ4n) is 1.74. The summed E-state index contributed by atoms with van der Waals surface area (Å²) in [5, 5.41) is 6.73. The molecule has 8 heteroatoms. The molecule has 2 aromatic rings. The minimum absolute atomic E-state index is 0.456. The van der Waals surface area contributed by atoms with Gasteiger partial charge in [0.25, 0.3) is 0 Å². The first-order valence-corrected chi connectivity index (χ1v) is 7.90. The molecule has 0 heterocycles. The van der Waals surface area contributed by atoms with Gasteiger partial charge < -0.3 is 10.1 Å². The second kappa shape index (κ2) is 8.47. The number of amides is 2. The predicted octanol–water partition coefficient (Wildman–Crippen LogP) is 3.20. The lowest BCUT2D eigenvalue weighted by atomic mass is 10.2. The highest BCUT2D eigenvalue weighted by atomic mass is 79.9. The van der Waals surface area contributed by atoms with Crippen molar-refractivity contribution in [2.24, 2.45) is 5.10 Å². The Morgan fingerprint density at radius 1 is 1.17 bits per heavy atom. The van der Waals surface area contributed by atoms with Gasteiger partial charge in [0.05, 0.1) is 13.3 Å². The number of nitrogens with one attached hydrogen (secondary N) is 2. The summed E-state index contributed by atoms with van der Waals surface area (Å²) in [5.74, 6) is -1.15. The average Bonchev–Trinajstić information content (AvgIpc) is 2.57. The third-order valence-electron chi connectivity index (χ3n) is 2.87. The highest BCUT2D eigenvalue weighted by Crippen LogP contribution is 2.21. The van der Waals surface area contributed by atoms with Gasteiger partial charge in [-0.1, -0.05) is 27.5 Å². The molecule has 2 N–H and O–H groups in total. The molecular weight excluding hydrogens is 398 g/mol. The van der Waals surface area contributed by atoms with Crippen LogP contribution in [0.1, 0.15) is 5.56 Å². The fraction of sp³-hybridized carbons (Fsp3) is 0.0625. The van der Waals surface area contributed by atoms with Gasteiger partial charge in [0.1, 0.15) is 5.75 Å². The van der Waals surface area contributed by atoms with E-state index in [2.05, 4.69) is 31.8 Å². The molecular formula is C16H13BrClN3O3. The molecule has 0 saturated heterocycles. The Bertz CT molecular complexity index is 779. The van der Waals surface area contributed by atoms with E-state index in [4.69, 9.17) is 16.3 Å². The number of rotatable bonds is 4. The van der Waals surface area contributed by atoms with Gasteiger partial charge >= 0.3 is 11.8 Å². The van der Waals surface area contributed by atoms with E-state index in [1.54, 1.807) is 36.4 Å². The molecule has 0 fully saturated rings. The van der Waals surface area contributed by atoms with E-state index in [-0.39, 0.29) is 0 Å². The van der Waals surface area contributed by atoms with Crippen molar-refractivity contribution in [3.8, 4) is 5.75 Å². The highest BCUT2D eigenvalue weighted by Gasteiger charge is 2.12. The Balaban J connectivity index is 1.96. The standard InChI is InChI=1S/C16H13BrClN3O3/c1-24-14-7-2-11(17)8-10(14)9-19-21-16(23)15(22)20-13-5-3-12(18)4-6-13/h2-9H,1H3,(H,20,22)(H,21,23)/b19-9+. The maximum atomic E-state index is 11.8. The van der Waals surface area contributed by atoms with Crippen molar-refractivity contribution in [1.29, 1.82) is 0 Å². The van der Waals surface area contributed by atoms with Crippen LogP contribution in [0.2, 0.25) is 5.02 Å². The van der Waals surface area contributed by atoms with Crippen LogP contribution in [-0.4, -0.2) is 25.1 Å².